The number of nitro groups is 1. The highest BCUT2D eigenvalue weighted by atomic mass is 32.2. The molecular weight excluding hydrogens is 262 g/mol. The number of aliphatic hydroxyl groups excluding tert-OH is 1. The van der Waals surface area contributed by atoms with Gasteiger partial charge in [0, 0.05) is 31.7 Å². The quantitative estimate of drug-likeness (QED) is 0.590. The number of hydrogen-bond donors (Lipinski definition) is 1. The van der Waals surface area contributed by atoms with Crippen LogP contribution in [0.25, 0.3) is 0 Å². The SMILES string of the molecule is O=[N+]([O-])c1ccc(S(=O)(=O)N2CC(CO)C2)cn1. The molecule has 0 unspecified atom stereocenters. The predicted molar refractivity (Wildman–Crippen MR) is 60.2 cm³/mol. The largest absolute Gasteiger partial charge is 0.396 e. The molecule has 1 aliphatic heterocycles. The fourth-order valence-electron chi connectivity index (χ4n) is 1.62. The number of rotatable bonds is 4. The van der Waals surface area contributed by atoms with E-state index in [0.29, 0.717) is 0 Å². The molecule has 1 fully saturated rings. The minimum Gasteiger partial charge on any atom is -0.396 e. The molecule has 1 aromatic rings. The number of pyridine rings is 1. The predicted octanol–water partition coefficient (Wildman–Crippen LogP) is -0.397. The van der Waals surface area contributed by atoms with Gasteiger partial charge in [-0.3, -0.25) is 0 Å². The molecule has 18 heavy (non-hydrogen) atoms. The normalized spacial score (nSPS) is 17.4. The van der Waals surface area contributed by atoms with Crippen LogP contribution in [0.4, 0.5) is 5.82 Å². The number of aromatic nitrogens is 1. The number of nitrogens with zero attached hydrogens (tertiary/aromatic N) is 3. The van der Waals surface area contributed by atoms with Crippen molar-refractivity contribution in [2.24, 2.45) is 5.92 Å². The summed E-state index contributed by atoms with van der Waals surface area (Å²) in [6.45, 7) is 0.468. The maximum atomic E-state index is 12.0. The van der Waals surface area contributed by atoms with E-state index in [1.54, 1.807) is 0 Å². The van der Waals surface area contributed by atoms with Gasteiger partial charge in [0.25, 0.3) is 0 Å². The molecule has 8 nitrogen and oxygen atoms in total. The van der Waals surface area contributed by atoms with Crippen LogP contribution in [0.15, 0.2) is 23.2 Å². The molecule has 0 amide bonds. The molecule has 98 valence electrons. The van der Waals surface area contributed by atoms with E-state index in [4.69, 9.17) is 5.11 Å². The number of sulfonamides is 1. The average molecular weight is 273 g/mol. The Balaban J connectivity index is 2.18. The first-order valence-corrected chi connectivity index (χ1v) is 6.60. The molecule has 0 spiro atoms. The Kier molecular flexibility index (Phi) is 3.28. The van der Waals surface area contributed by atoms with Gasteiger partial charge in [0.1, 0.15) is 4.90 Å². The van der Waals surface area contributed by atoms with E-state index in [0.717, 1.165) is 18.3 Å². The zero-order valence-electron chi connectivity index (χ0n) is 9.26. The van der Waals surface area contributed by atoms with Crippen molar-refractivity contribution in [3.05, 3.63) is 28.4 Å². The van der Waals surface area contributed by atoms with Crippen molar-refractivity contribution in [2.45, 2.75) is 4.90 Å². The molecule has 1 aromatic heterocycles. The van der Waals surface area contributed by atoms with Gasteiger partial charge in [-0.1, -0.05) is 0 Å². The van der Waals surface area contributed by atoms with Crippen LogP contribution in [0.3, 0.4) is 0 Å². The van der Waals surface area contributed by atoms with Crippen molar-refractivity contribution in [3.63, 3.8) is 0 Å². The molecular formula is C9H11N3O5S. The molecule has 2 rings (SSSR count). The summed E-state index contributed by atoms with van der Waals surface area (Å²) in [6.07, 6.45) is 0.972. The van der Waals surface area contributed by atoms with Crippen LogP contribution in [-0.4, -0.2) is 47.4 Å². The summed E-state index contributed by atoms with van der Waals surface area (Å²) in [6, 6.07) is 2.21. The third-order valence-electron chi connectivity index (χ3n) is 2.73. The van der Waals surface area contributed by atoms with Crippen molar-refractivity contribution in [3.8, 4) is 0 Å². The van der Waals surface area contributed by atoms with Crippen LogP contribution in [0.5, 0.6) is 0 Å². The summed E-state index contributed by atoms with van der Waals surface area (Å²) in [7, 11) is -3.65. The van der Waals surface area contributed by atoms with Gasteiger partial charge in [-0.15, -0.1) is 0 Å². The van der Waals surface area contributed by atoms with Crippen LogP contribution < -0.4 is 0 Å². The minimum absolute atomic E-state index is 0.0363. The van der Waals surface area contributed by atoms with E-state index in [1.165, 1.54) is 4.31 Å². The Hall–Kier alpha value is -1.58. The molecule has 0 atom stereocenters. The lowest BCUT2D eigenvalue weighted by Crippen LogP contribution is -2.51. The highest BCUT2D eigenvalue weighted by Crippen LogP contribution is 2.24. The Morgan fingerprint density at radius 1 is 1.50 bits per heavy atom. The molecule has 0 bridgehead atoms. The van der Waals surface area contributed by atoms with E-state index in [-0.39, 0.29) is 30.5 Å². The highest BCUT2D eigenvalue weighted by molar-refractivity contribution is 7.89. The molecule has 2 heterocycles. The molecule has 0 aromatic carbocycles. The zero-order valence-corrected chi connectivity index (χ0v) is 10.1. The maximum absolute atomic E-state index is 12.0. The third-order valence-corrected chi connectivity index (χ3v) is 4.54. The van der Waals surface area contributed by atoms with Crippen LogP contribution in [0.1, 0.15) is 0 Å². The number of aliphatic hydroxyl groups is 1. The topological polar surface area (TPSA) is 114 Å². The van der Waals surface area contributed by atoms with Gasteiger partial charge >= 0.3 is 5.82 Å². The second-order valence-electron chi connectivity index (χ2n) is 3.98. The van der Waals surface area contributed by atoms with E-state index in [2.05, 4.69) is 4.98 Å². The first-order valence-electron chi connectivity index (χ1n) is 5.16. The van der Waals surface area contributed by atoms with Crippen molar-refractivity contribution in [1.29, 1.82) is 0 Å². The second-order valence-corrected chi connectivity index (χ2v) is 5.92. The fourth-order valence-corrected chi connectivity index (χ4v) is 3.15. The summed E-state index contributed by atoms with van der Waals surface area (Å²) >= 11 is 0. The lowest BCUT2D eigenvalue weighted by molar-refractivity contribution is -0.389. The Bertz CT molecular complexity index is 550. The van der Waals surface area contributed by atoms with Crippen molar-refractivity contribution in [1.82, 2.24) is 9.29 Å². The molecule has 1 N–H and O–H groups in total. The monoisotopic (exact) mass is 273 g/mol. The maximum Gasteiger partial charge on any atom is 0.363 e. The van der Waals surface area contributed by atoms with Crippen LogP contribution in [0, 0.1) is 16.0 Å². The van der Waals surface area contributed by atoms with Crippen LogP contribution in [0.2, 0.25) is 0 Å². The van der Waals surface area contributed by atoms with Gasteiger partial charge in [0.05, 0.1) is 0 Å². The van der Waals surface area contributed by atoms with E-state index in [9.17, 15) is 18.5 Å². The standard InChI is InChI=1S/C9H11N3O5S/c13-6-7-4-11(5-7)18(16,17)8-1-2-9(10-3-8)12(14)15/h1-3,7,13H,4-6H2. The molecule has 1 aliphatic rings. The molecule has 0 saturated carbocycles. The van der Waals surface area contributed by atoms with Gasteiger partial charge in [-0.2, -0.15) is 4.31 Å². The van der Waals surface area contributed by atoms with Crippen molar-refractivity contribution >= 4 is 15.8 Å². The summed E-state index contributed by atoms with van der Waals surface area (Å²) in [5.74, 6) is -0.434. The van der Waals surface area contributed by atoms with Crippen molar-refractivity contribution in [2.75, 3.05) is 19.7 Å². The Morgan fingerprint density at radius 2 is 2.17 bits per heavy atom. The third kappa shape index (κ3) is 2.19. The van der Waals surface area contributed by atoms with Gasteiger partial charge in [-0.25, -0.2) is 8.42 Å². The minimum atomic E-state index is -3.65. The van der Waals surface area contributed by atoms with Gasteiger partial charge in [-0.05, 0) is 16.0 Å². The molecule has 0 aliphatic carbocycles. The molecule has 0 radical (unpaired) electrons. The fraction of sp³-hybridized carbons (Fsp3) is 0.444. The highest BCUT2D eigenvalue weighted by Gasteiger charge is 2.36. The smallest absolute Gasteiger partial charge is 0.363 e. The molecule has 1 saturated heterocycles. The van der Waals surface area contributed by atoms with E-state index < -0.39 is 20.8 Å². The van der Waals surface area contributed by atoms with Crippen LogP contribution >= 0.6 is 0 Å². The summed E-state index contributed by atoms with van der Waals surface area (Å²) in [4.78, 5) is 13.1. The first kappa shape index (κ1) is 12.9. The lowest BCUT2D eigenvalue weighted by atomic mass is 10.1. The summed E-state index contributed by atoms with van der Waals surface area (Å²) < 4.78 is 25.2. The van der Waals surface area contributed by atoms with E-state index >= 15 is 0 Å². The Labute approximate surface area is 103 Å². The summed E-state index contributed by atoms with van der Waals surface area (Å²) in [5, 5.41) is 19.2. The van der Waals surface area contributed by atoms with Gasteiger partial charge in [0.15, 0.2) is 6.20 Å². The zero-order chi connectivity index (χ0) is 13.3. The lowest BCUT2D eigenvalue weighted by Gasteiger charge is -2.36. The Morgan fingerprint density at radius 3 is 2.61 bits per heavy atom. The average Bonchev–Trinajstić information content (AvgIpc) is 2.27. The van der Waals surface area contributed by atoms with Crippen molar-refractivity contribution < 1.29 is 18.4 Å². The van der Waals surface area contributed by atoms with E-state index in [1.807, 2.05) is 0 Å². The van der Waals surface area contributed by atoms with Gasteiger partial charge < -0.3 is 15.2 Å². The van der Waals surface area contributed by atoms with Crippen LogP contribution in [-0.2, 0) is 10.0 Å². The molecule has 9 heteroatoms. The second kappa shape index (κ2) is 4.59. The van der Waals surface area contributed by atoms with Gasteiger partial charge in [0.2, 0.25) is 10.0 Å². The first-order chi connectivity index (χ1) is 8.45. The number of hydrogen-bond acceptors (Lipinski definition) is 6. The summed E-state index contributed by atoms with van der Waals surface area (Å²) in [5.41, 5.74) is 0.